The number of rotatable bonds is 5. The highest BCUT2D eigenvalue weighted by atomic mass is 35.5. The van der Waals surface area contributed by atoms with Crippen LogP contribution in [0.1, 0.15) is 31.1 Å². The summed E-state index contributed by atoms with van der Waals surface area (Å²) in [6, 6.07) is 6.79. The predicted octanol–water partition coefficient (Wildman–Crippen LogP) is 3.82. The Labute approximate surface area is 119 Å². The van der Waals surface area contributed by atoms with E-state index >= 15 is 0 Å². The number of esters is 1. The molecule has 1 aromatic rings. The molecule has 0 fully saturated rings. The Balaban J connectivity index is 2.61. The molecule has 0 saturated carbocycles. The largest absolute Gasteiger partial charge is 0.489 e. The molecule has 0 amide bonds. The quantitative estimate of drug-likeness (QED) is 0.468. The van der Waals surface area contributed by atoms with Crippen LogP contribution in [-0.4, -0.2) is 24.1 Å². The van der Waals surface area contributed by atoms with Gasteiger partial charge < -0.3 is 9.47 Å². The van der Waals surface area contributed by atoms with Crippen molar-refractivity contribution in [1.29, 1.82) is 0 Å². The van der Waals surface area contributed by atoms with E-state index in [1.54, 1.807) is 24.3 Å². The van der Waals surface area contributed by atoms with Crippen molar-refractivity contribution in [2.75, 3.05) is 12.5 Å². The minimum absolute atomic E-state index is 0.343. The van der Waals surface area contributed by atoms with E-state index in [1.165, 1.54) is 0 Å². The minimum atomic E-state index is -0.496. The summed E-state index contributed by atoms with van der Waals surface area (Å²) < 4.78 is 10.7. The molecule has 104 valence electrons. The van der Waals surface area contributed by atoms with Gasteiger partial charge in [0, 0.05) is 5.88 Å². The molecule has 0 radical (unpaired) electrons. The number of halogens is 1. The van der Waals surface area contributed by atoms with E-state index in [9.17, 15) is 4.79 Å². The van der Waals surface area contributed by atoms with Gasteiger partial charge in [-0.2, -0.15) is 0 Å². The number of hydrogen-bond donors (Lipinski definition) is 0. The molecular formula is C15H19ClO3. The van der Waals surface area contributed by atoms with Crippen LogP contribution < -0.4 is 4.74 Å². The first-order valence-electron chi connectivity index (χ1n) is 6.00. The Hall–Kier alpha value is -1.48. The van der Waals surface area contributed by atoms with Gasteiger partial charge in [-0.1, -0.05) is 6.58 Å². The molecule has 0 saturated heterocycles. The van der Waals surface area contributed by atoms with Crippen molar-refractivity contribution in [2.24, 2.45) is 0 Å². The average Bonchev–Trinajstić information content (AvgIpc) is 2.34. The minimum Gasteiger partial charge on any atom is -0.489 e. The fourth-order valence-electron chi connectivity index (χ4n) is 1.25. The van der Waals surface area contributed by atoms with Gasteiger partial charge in [-0.25, -0.2) is 4.79 Å². The number of alkyl halides is 1. The van der Waals surface area contributed by atoms with E-state index in [1.807, 2.05) is 20.8 Å². The predicted molar refractivity (Wildman–Crippen MR) is 77.0 cm³/mol. The van der Waals surface area contributed by atoms with Crippen molar-refractivity contribution in [1.82, 2.24) is 0 Å². The smallest absolute Gasteiger partial charge is 0.338 e. The van der Waals surface area contributed by atoms with Gasteiger partial charge in [-0.15, -0.1) is 11.6 Å². The summed E-state index contributed by atoms with van der Waals surface area (Å²) in [5.41, 5.74) is 0.806. The zero-order valence-corrected chi connectivity index (χ0v) is 12.3. The van der Waals surface area contributed by atoms with Gasteiger partial charge in [0.05, 0.1) is 5.56 Å². The normalized spacial score (nSPS) is 10.9. The molecule has 3 nitrogen and oxygen atoms in total. The number of ether oxygens (including phenoxy) is 2. The standard InChI is InChI=1S/C15H19ClO3/c1-11(9-16)10-18-13-7-5-12(6-8-13)14(17)19-15(2,3)4/h5-8H,1,9-10H2,2-4H3. The van der Waals surface area contributed by atoms with Crippen molar-refractivity contribution in [3.63, 3.8) is 0 Å². The van der Waals surface area contributed by atoms with Crippen molar-refractivity contribution in [2.45, 2.75) is 26.4 Å². The molecule has 0 spiro atoms. The number of carbonyl (C=O) groups is 1. The molecule has 0 aromatic heterocycles. The van der Waals surface area contributed by atoms with Crippen LogP contribution in [0.15, 0.2) is 36.4 Å². The Morgan fingerprint density at radius 2 is 1.84 bits per heavy atom. The van der Waals surface area contributed by atoms with Gasteiger partial charge >= 0.3 is 5.97 Å². The highest BCUT2D eigenvalue weighted by molar-refractivity contribution is 6.19. The lowest BCUT2D eigenvalue weighted by Gasteiger charge is -2.19. The fourth-order valence-corrected chi connectivity index (χ4v) is 1.33. The number of hydrogen-bond acceptors (Lipinski definition) is 3. The second-order valence-corrected chi connectivity index (χ2v) is 5.47. The number of benzene rings is 1. The van der Waals surface area contributed by atoms with Gasteiger partial charge in [0.25, 0.3) is 0 Å². The average molecular weight is 283 g/mol. The van der Waals surface area contributed by atoms with Crippen LogP contribution in [0, 0.1) is 0 Å². The molecule has 0 bridgehead atoms. The zero-order chi connectivity index (χ0) is 14.5. The summed E-state index contributed by atoms with van der Waals surface area (Å²) in [6.07, 6.45) is 0. The van der Waals surface area contributed by atoms with Gasteiger partial charge in [0.2, 0.25) is 0 Å². The molecule has 1 rings (SSSR count). The van der Waals surface area contributed by atoms with Crippen molar-refractivity contribution >= 4 is 17.6 Å². The first kappa shape index (κ1) is 15.6. The molecule has 0 heterocycles. The molecule has 19 heavy (non-hydrogen) atoms. The maximum atomic E-state index is 11.8. The third-order valence-corrected chi connectivity index (χ3v) is 2.50. The summed E-state index contributed by atoms with van der Waals surface area (Å²) >= 11 is 5.61. The van der Waals surface area contributed by atoms with Gasteiger partial charge in [0.1, 0.15) is 18.0 Å². The summed E-state index contributed by atoms with van der Waals surface area (Å²) in [4.78, 5) is 11.8. The monoisotopic (exact) mass is 282 g/mol. The lowest BCUT2D eigenvalue weighted by atomic mass is 10.1. The van der Waals surface area contributed by atoms with E-state index in [2.05, 4.69) is 6.58 Å². The van der Waals surface area contributed by atoms with Crippen LogP contribution in [0.4, 0.5) is 0 Å². The SMILES string of the molecule is C=C(CCl)COc1ccc(C(=O)OC(C)(C)C)cc1. The lowest BCUT2D eigenvalue weighted by Crippen LogP contribution is -2.23. The third-order valence-electron chi connectivity index (χ3n) is 2.12. The Morgan fingerprint density at radius 1 is 1.26 bits per heavy atom. The highest BCUT2D eigenvalue weighted by Crippen LogP contribution is 2.16. The van der Waals surface area contributed by atoms with Crippen molar-refractivity contribution in [3.8, 4) is 5.75 Å². The Bertz CT molecular complexity index is 443. The molecule has 0 atom stereocenters. The first-order valence-corrected chi connectivity index (χ1v) is 6.54. The molecule has 0 unspecified atom stereocenters. The Morgan fingerprint density at radius 3 is 2.32 bits per heavy atom. The first-order chi connectivity index (χ1) is 8.81. The van der Waals surface area contributed by atoms with Crippen LogP contribution in [0.3, 0.4) is 0 Å². The summed E-state index contributed by atoms with van der Waals surface area (Å²) in [6.45, 7) is 9.61. The number of carbonyl (C=O) groups excluding carboxylic acids is 1. The molecule has 0 aliphatic rings. The zero-order valence-electron chi connectivity index (χ0n) is 11.5. The Kier molecular flexibility index (Phi) is 5.43. The molecule has 1 aromatic carbocycles. The third kappa shape index (κ3) is 5.79. The van der Waals surface area contributed by atoms with Crippen molar-refractivity contribution in [3.05, 3.63) is 42.0 Å². The molecule has 0 N–H and O–H groups in total. The van der Waals surface area contributed by atoms with Gasteiger partial charge in [-0.05, 0) is 50.6 Å². The molecule has 0 aliphatic carbocycles. The topological polar surface area (TPSA) is 35.5 Å². The van der Waals surface area contributed by atoms with Crippen LogP contribution in [0.2, 0.25) is 0 Å². The van der Waals surface area contributed by atoms with E-state index in [4.69, 9.17) is 21.1 Å². The maximum Gasteiger partial charge on any atom is 0.338 e. The van der Waals surface area contributed by atoms with E-state index in [-0.39, 0.29) is 5.97 Å². The van der Waals surface area contributed by atoms with Crippen molar-refractivity contribution < 1.29 is 14.3 Å². The summed E-state index contributed by atoms with van der Waals surface area (Å²) in [7, 11) is 0. The second-order valence-electron chi connectivity index (χ2n) is 5.20. The molecule has 0 aliphatic heterocycles. The molecular weight excluding hydrogens is 264 g/mol. The molecule has 4 heteroatoms. The van der Waals surface area contributed by atoms with Gasteiger partial charge in [0.15, 0.2) is 0 Å². The van der Waals surface area contributed by atoms with E-state index in [0.29, 0.717) is 23.8 Å². The summed E-state index contributed by atoms with van der Waals surface area (Å²) in [5, 5.41) is 0. The van der Waals surface area contributed by atoms with Crippen LogP contribution in [0.25, 0.3) is 0 Å². The second kappa shape index (κ2) is 6.62. The van der Waals surface area contributed by atoms with E-state index < -0.39 is 5.60 Å². The lowest BCUT2D eigenvalue weighted by molar-refractivity contribution is 0.00695. The highest BCUT2D eigenvalue weighted by Gasteiger charge is 2.17. The fraction of sp³-hybridized carbons (Fsp3) is 0.400. The van der Waals surface area contributed by atoms with Gasteiger partial charge in [-0.3, -0.25) is 0 Å². The van der Waals surface area contributed by atoms with E-state index in [0.717, 1.165) is 5.57 Å². The maximum absolute atomic E-state index is 11.8. The summed E-state index contributed by atoms with van der Waals surface area (Å²) in [5.74, 6) is 0.693. The van der Waals surface area contributed by atoms with Crippen LogP contribution in [0.5, 0.6) is 5.75 Å². The van der Waals surface area contributed by atoms with Crippen LogP contribution in [-0.2, 0) is 4.74 Å². The van der Waals surface area contributed by atoms with Crippen LogP contribution >= 0.6 is 11.6 Å².